The molecule has 1 atom stereocenters. The number of phenolic OH excluding ortho intramolecular Hbond substituents is 1. The van der Waals surface area contributed by atoms with E-state index in [9.17, 15) is 14.3 Å². The van der Waals surface area contributed by atoms with Crippen molar-refractivity contribution in [2.24, 2.45) is 0 Å². The number of nitrogen functional groups attached to an aromatic ring is 1. The van der Waals surface area contributed by atoms with Crippen molar-refractivity contribution in [3.05, 3.63) is 58.9 Å². The highest BCUT2D eigenvalue weighted by Gasteiger charge is 2.25. The number of aromatic hydroxyl groups is 1. The lowest BCUT2D eigenvalue weighted by molar-refractivity contribution is 0.0932. The van der Waals surface area contributed by atoms with Crippen molar-refractivity contribution in [3.8, 4) is 5.75 Å². The molecular formula is C16H15FN2O2. The second kappa shape index (κ2) is 5.09. The van der Waals surface area contributed by atoms with Crippen molar-refractivity contribution in [1.29, 1.82) is 0 Å². The summed E-state index contributed by atoms with van der Waals surface area (Å²) in [6.07, 6.45) is 1.60. The molecule has 0 aromatic heterocycles. The number of fused-ring (bicyclic) bond motifs is 1. The highest BCUT2D eigenvalue weighted by Crippen LogP contribution is 2.32. The molecule has 1 amide bonds. The SMILES string of the molecule is Nc1ccc2c(c1)CCC2NC(=O)c1ccc(O)cc1F. The third-order valence-electron chi connectivity index (χ3n) is 3.75. The van der Waals surface area contributed by atoms with Gasteiger partial charge in [0.2, 0.25) is 0 Å². The monoisotopic (exact) mass is 286 g/mol. The van der Waals surface area contributed by atoms with Crippen molar-refractivity contribution in [2.45, 2.75) is 18.9 Å². The summed E-state index contributed by atoms with van der Waals surface area (Å²) in [5.41, 5.74) is 8.51. The number of amides is 1. The fraction of sp³-hybridized carbons (Fsp3) is 0.188. The summed E-state index contributed by atoms with van der Waals surface area (Å²) in [6, 6.07) is 8.96. The number of rotatable bonds is 2. The van der Waals surface area contributed by atoms with Gasteiger partial charge in [-0.3, -0.25) is 4.79 Å². The average molecular weight is 286 g/mol. The van der Waals surface area contributed by atoms with E-state index in [1.807, 2.05) is 12.1 Å². The Kier molecular flexibility index (Phi) is 3.25. The number of nitrogens with one attached hydrogen (secondary N) is 1. The maximum Gasteiger partial charge on any atom is 0.254 e. The van der Waals surface area contributed by atoms with Crippen LogP contribution in [0, 0.1) is 5.82 Å². The van der Waals surface area contributed by atoms with Crippen LogP contribution in [0.15, 0.2) is 36.4 Å². The van der Waals surface area contributed by atoms with Gasteiger partial charge in [-0.15, -0.1) is 0 Å². The Hall–Kier alpha value is -2.56. The van der Waals surface area contributed by atoms with Crippen LogP contribution in [0.2, 0.25) is 0 Å². The Morgan fingerprint density at radius 1 is 1.29 bits per heavy atom. The van der Waals surface area contributed by atoms with Crippen molar-refractivity contribution in [2.75, 3.05) is 5.73 Å². The second-order valence-corrected chi connectivity index (χ2v) is 5.19. The maximum absolute atomic E-state index is 13.7. The molecule has 1 unspecified atom stereocenters. The van der Waals surface area contributed by atoms with Crippen LogP contribution in [-0.4, -0.2) is 11.0 Å². The molecule has 0 saturated heterocycles. The Morgan fingerprint density at radius 3 is 2.86 bits per heavy atom. The highest BCUT2D eigenvalue weighted by molar-refractivity contribution is 5.95. The van der Waals surface area contributed by atoms with E-state index in [0.29, 0.717) is 5.69 Å². The van der Waals surface area contributed by atoms with Crippen LogP contribution in [-0.2, 0) is 6.42 Å². The first kappa shape index (κ1) is 13.4. The number of anilines is 1. The minimum atomic E-state index is -0.733. The van der Waals surface area contributed by atoms with Crippen LogP contribution in [0.4, 0.5) is 10.1 Å². The molecule has 21 heavy (non-hydrogen) atoms. The molecule has 4 nitrogen and oxygen atoms in total. The third-order valence-corrected chi connectivity index (χ3v) is 3.75. The minimum Gasteiger partial charge on any atom is -0.508 e. The molecule has 0 spiro atoms. The molecule has 4 N–H and O–H groups in total. The molecule has 0 radical (unpaired) electrons. The van der Waals surface area contributed by atoms with Crippen LogP contribution in [0.3, 0.4) is 0 Å². The van der Waals surface area contributed by atoms with Gasteiger partial charge in [-0.25, -0.2) is 4.39 Å². The fourth-order valence-electron chi connectivity index (χ4n) is 2.71. The van der Waals surface area contributed by atoms with Crippen molar-refractivity contribution >= 4 is 11.6 Å². The van der Waals surface area contributed by atoms with Crippen LogP contribution < -0.4 is 11.1 Å². The Bertz CT molecular complexity index is 715. The first-order valence-electron chi connectivity index (χ1n) is 6.72. The Labute approximate surface area is 121 Å². The molecule has 0 bridgehead atoms. The zero-order valence-corrected chi connectivity index (χ0v) is 11.3. The molecule has 108 valence electrons. The van der Waals surface area contributed by atoms with Gasteiger partial charge in [-0.1, -0.05) is 6.07 Å². The number of carbonyl (C=O) groups is 1. The maximum atomic E-state index is 13.7. The van der Waals surface area contributed by atoms with E-state index in [0.717, 1.165) is 30.0 Å². The van der Waals surface area contributed by atoms with E-state index < -0.39 is 11.7 Å². The van der Waals surface area contributed by atoms with E-state index in [4.69, 9.17) is 5.73 Å². The molecule has 1 aliphatic rings. The highest BCUT2D eigenvalue weighted by atomic mass is 19.1. The number of phenols is 1. The van der Waals surface area contributed by atoms with Gasteiger partial charge in [-0.05, 0) is 48.2 Å². The number of halogens is 1. The molecular weight excluding hydrogens is 271 g/mol. The van der Waals surface area contributed by atoms with Crippen molar-refractivity contribution in [3.63, 3.8) is 0 Å². The number of hydrogen-bond donors (Lipinski definition) is 3. The summed E-state index contributed by atoms with van der Waals surface area (Å²) in [4.78, 5) is 12.2. The van der Waals surface area contributed by atoms with Gasteiger partial charge in [0.05, 0.1) is 11.6 Å². The molecule has 0 heterocycles. The smallest absolute Gasteiger partial charge is 0.254 e. The van der Waals surface area contributed by atoms with E-state index in [1.165, 1.54) is 12.1 Å². The first-order valence-corrected chi connectivity index (χ1v) is 6.72. The van der Waals surface area contributed by atoms with Gasteiger partial charge in [0.25, 0.3) is 5.91 Å². The zero-order chi connectivity index (χ0) is 15.0. The molecule has 2 aromatic carbocycles. The van der Waals surface area contributed by atoms with Gasteiger partial charge in [0.1, 0.15) is 11.6 Å². The molecule has 0 aliphatic heterocycles. The number of hydrogen-bond acceptors (Lipinski definition) is 3. The van der Waals surface area contributed by atoms with Crippen molar-refractivity contribution in [1.82, 2.24) is 5.32 Å². The summed E-state index contributed by atoms with van der Waals surface area (Å²) < 4.78 is 13.7. The average Bonchev–Trinajstić information content (AvgIpc) is 2.80. The molecule has 3 rings (SSSR count). The lowest BCUT2D eigenvalue weighted by Gasteiger charge is -2.14. The van der Waals surface area contributed by atoms with E-state index in [2.05, 4.69) is 5.32 Å². The molecule has 1 aliphatic carbocycles. The lowest BCUT2D eigenvalue weighted by Crippen LogP contribution is -2.27. The lowest BCUT2D eigenvalue weighted by atomic mass is 10.1. The molecule has 0 saturated carbocycles. The normalized spacial score (nSPS) is 16.5. The minimum absolute atomic E-state index is 0.0725. The molecule has 5 heteroatoms. The predicted molar refractivity (Wildman–Crippen MR) is 77.4 cm³/mol. The van der Waals surface area contributed by atoms with Gasteiger partial charge in [0.15, 0.2) is 0 Å². The van der Waals surface area contributed by atoms with Crippen LogP contribution in [0.25, 0.3) is 0 Å². The summed E-state index contributed by atoms with van der Waals surface area (Å²) in [5.74, 6) is -1.42. The van der Waals surface area contributed by atoms with Crippen LogP contribution >= 0.6 is 0 Å². The summed E-state index contributed by atoms with van der Waals surface area (Å²) in [5, 5.41) is 12.0. The summed E-state index contributed by atoms with van der Waals surface area (Å²) in [7, 11) is 0. The largest absolute Gasteiger partial charge is 0.508 e. The van der Waals surface area contributed by atoms with Gasteiger partial charge < -0.3 is 16.2 Å². The van der Waals surface area contributed by atoms with E-state index in [1.54, 1.807) is 6.07 Å². The van der Waals surface area contributed by atoms with Crippen LogP contribution in [0.5, 0.6) is 5.75 Å². The Morgan fingerprint density at radius 2 is 2.10 bits per heavy atom. The third kappa shape index (κ3) is 2.54. The molecule has 2 aromatic rings. The van der Waals surface area contributed by atoms with Crippen molar-refractivity contribution < 1.29 is 14.3 Å². The topological polar surface area (TPSA) is 75.3 Å². The standard InChI is InChI=1S/C16H15FN2O2/c17-14-8-11(20)3-5-13(14)16(21)19-15-6-1-9-7-10(18)2-4-12(9)15/h2-5,7-8,15,20H,1,6,18H2,(H,19,21). The quantitative estimate of drug-likeness (QED) is 0.743. The number of nitrogens with two attached hydrogens (primary N) is 1. The van der Waals surface area contributed by atoms with Gasteiger partial charge in [0, 0.05) is 11.8 Å². The molecule has 0 fully saturated rings. The fourth-order valence-corrected chi connectivity index (χ4v) is 2.71. The zero-order valence-electron chi connectivity index (χ0n) is 11.3. The van der Waals surface area contributed by atoms with E-state index in [-0.39, 0.29) is 17.4 Å². The number of aryl methyl sites for hydroxylation is 1. The number of benzene rings is 2. The van der Waals surface area contributed by atoms with Gasteiger partial charge >= 0.3 is 0 Å². The number of carbonyl (C=O) groups excluding carboxylic acids is 1. The second-order valence-electron chi connectivity index (χ2n) is 5.19. The summed E-state index contributed by atoms with van der Waals surface area (Å²) >= 11 is 0. The first-order chi connectivity index (χ1) is 10.0. The Balaban J connectivity index is 1.81. The van der Waals surface area contributed by atoms with E-state index >= 15 is 0 Å². The summed E-state index contributed by atoms with van der Waals surface area (Å²) in [6.45, 7) is 0. The van der Waals surface area contributed by atoms with Gasteiger partial charge in [-0.2, -0.15) is 0 Å². The van der Waals surface area contributed by atoms with Crippen LogP contribution in [0.1, 0.15) is 33.9 Å². The predicted octanol–water partition coefficient (Wildman–Crippen LogP) is 2.53.